The predicted molar refractivity (Wildman–Crippen MR) is 89.6 cm³/mol. The Bertz CT molecular complexity index is 554. The summed E-state index contributed by atoms with van der Waals surface area (Å²) in [5, 5.41) is 4.80. The normalized spacial score (nSPS) is 18.1. The molecule has 1 aromatic carbocycles. The van der Waals surface area contributed by atoms with E-state index in [2.05, 4.69) is 46.4 Å². The molecule has 1 aliphatic heterocycles. The van der Waals surface area contributed by atoms with E-state index in [0.717, 1.165) is 13.1 Å². The molecule has 1 saturated heterocycles. The third-order valence-electron chi connectivity index (χ3n) is 4.64. The molecule has 0 amide bonds. The van der Waals surface area contributed by atoms with Gasteiger partial charge in [-0.2, -0.15) is 0 Å². The molecule has 1 aromatic heterocycles. The third-order valence-corrected chi connectivity index (χ3v) is 4.64. The highest BCUT2D eigenvalue weighted by Gasteiger charge is 2.21. The van der Waals surface area contributed by atoms with E-state index >= 15 is 0 Å². The Morgan fingerprint density at radius 2 is 2.00 bits per heavy atom. The lowest BCUT2D eigenvalue weighted by molar-refractivity contribution is 0.163. The summed E-state index contributed by atoms with van der Waals surface area (Å²) in [6.07, 6.45) is 7.28. The molecule has 3 heteroatoms. The third kappa shape index (κ3) is 3.47. The fourth-order valence-corrected chi connectivity index (χ4v) is 3.42. The molecule has 2 heterocycles. The van der Waals surface area contributed by atoms with Crippen LogP contribution in [0.2, 0.25) is 0 Å². The van der Waals surface area contributed by atoms with Crippen molar-refractivity contribution >= 4 is 10.9 Å². The number of nitrogens with zero attached hydrogens (tertiary/aromatic N) is 1. The van der Waals surface area contributed by atoms with Crippen molar-refractivity contribution in [3.05, 3.63) is 36.0 Å². The van der Waals surface area contributed by atoms with Crippen LogP contribution in [0.5, 0.6) is 0 Å². The summed E-state index contributed by atoms with van der Waals surface area (Å²) < 4.78 is 0. The van der Waals surface area contributed by atoms with Crippen molar-refractivity contribution < 1.29 is 0 Å². The molecule has 3 rings (SSSR count). The lowest BCUT2D eigenvalue weighted by Crippen LogP contribution is -2.45. The minimum absolute atomic E-state index is 0.581. The molecular formula is C18H27N3. The molecule has 0 bridgehead atoms. The number of hydrogen-bond donors (Lipinski definition) is 2. The average molecular weight is 285 g/mol. The number of piperazine rings is 1. The first-order chi connectivity index (χ1) is 10.4. The number of rotatable bonds is 6. The van der Waals surface area contributed by atoms with Crippen LogP contribution in [0.25, 0.3) is 10.9 Å². The number of benzene rings is 1. The second kappa shape index (κ2) is 7.10. The van der Waals surface area contributed by atoms with Gasteiger partial charge >= 0.3 is 0 Å². The Kier molecular flexibility index (Phi) is 4.94. The molecule has 0 aliphatic carbocycles. The van der Waals surface area contributed by atoms with Crippen LogP contribution in [0.15, 0.2) is 30.5 Å². The summed E-state index contributed by atoms with van der Waals surface area (Å²) in [6, 6.07) is 9.69. The summed E-state index contributed by atoms with van der Waals surface area (Å²) in [7, 11) is 0. The number of unbranched alkanes of at least 4 members (excludes halogenated alkanes) is 2. The summed E-state index contributed by atoms with van der Waals surface area (Å²) in [5.74, 6) is 0. The summed E-state index contributed by atoms with van der Waals surface area (Å²) in [4.78, 5) is 5.96. The average Bonchev–Trinajstić information content (AvgIpc) is 3.00. The van der Waals surface area contributed by atoms with Crippen LogP contribution in [-0.2, 0) is 0 Å². The number of hydrogen-bond acceptors (Lipinski definition) is 2. The van der Waals surface area contributed by atoms with Crippen LogP contribution in [0, 0.1) is 0 Å². The fraction of sp³-hybridized carbons (Fsp3) is 0.556. The van der Waals surface area contributed by atoms with Crippen molar-refractivity contribution in [2.45, 2.75) is 38.6 Å². The number of aromatic amines is 1. The molecule has 0 saturated carbocycles. The quantitative estimate of drug-likeness (QED) is 0.793. The molecule has 1 atom stereocenters. The zero-order valence-electron chi connectivity index (χ0n) is 13.1. The van der Waals surface area contributed by atoms with Crippen LogP contribution in [-0.4, -0.2) is 36.1 Å². The van der Waals surface area contributed by atoms with Gasteiger partial charge in [0.25, 0.3) is 0 Å². The molecule has 1 fully saturated rings. The van der Waals surface area contributed by atoms with E-state index in [1.807, 2.05) is 6.20 Å². The maximum atomic E-state index is 3.47. The molecular weight excluding hydrogens is 258 g/mol. The van der Waals surface area contributed by atoms with Crippen molar-refractivity contribution in [1.29, 1.82) is 0 Å². The van der Waals surface area contributed by atoms with E-state index in [0.29, 0.717) is 6.04 Å². The molecule has 2 aromatic rings. The van der Waals surface area contributed by atoms with Crippen LogP contribution < -0.4 is 5.32 Å². The largest absolute Gasteiger partial charge is 0.361 e. The van der Waals surface area contributed by atoms with Gasteiger partial charge in [0.1, 0.15) is 0 Å². The zero-order valence-corrected chi connectivity index (χ0v) is 13.1. The van der Waals surface area contributed by atoms with Crippen molar-refractivity contribution in [1.82, 2.24) is 15.2 Å². The number of nitrogens with one attached hydrogen (secondary N) is 2. The van der Waals surface area contributed by atoms with Gasteiger partial charge in [0, 0.05) is 43.9 Å². The van der Waals surface area contributed by atoms with Gasteiger partial charge in [0.05, 0.1) is 0 Å². The molecule has 114 valence electrons. The van der Waals surface area contributed by atoms with E-state index in [-0.39, 0.29) is 0 Å². The van der Waals surface area contributed by atoms with E-state index < -0.39 is 0 Å². The van der Waals surface area contributed by atoms with E-state index in [9.17, 15) is 0 Å². The first-order valence-corrected chi connectivity index (χ1v) is 8.40. The highest BCUT2D eigenvalue weighted by molar-refractivity contribution is 5.80. The van der Waals surface area contributed by atoms with Crippen LogP contribution >= 0.6 is 0 Å². The van der Waals surface area contributed by atoms with Crippen LogP contribution in [0.3, 0.4) is 0 Å². The van der Waals surface area contributed by atoms with Gasteiger partial charge in [0.2, 0.25) is 0 Å². The predicted octanol–water partition coefficient (Wildman–Crippen LogP) is 3.69. The first-order valence-electron chi connectivity index (χ1n) is 8.40. The highest BCUT2D eigenvalue weighted by Crippen LogP contribution is 2.29. The Morgan fingerprint density at radius 3 is 2.81 bits per heavy atom. The second-order valence-corrected chi connectivity index (χ2v) is 6.12. The lowest BCUT2D eigenvalue weighted by atomic mass is 9.97. The standard InChI is InChI=1S/C18H27N3/c1-2-3-4-5-18(21-12-10-19-11-13-21)16-6-7-17-15(14-16)8-9-20-17/h6-9,14,18-20H,2-5,10-13H2,1H3/t18-/m0/s1. The van der Waals surface area contributed by atoms with Gasteiger partial charge in [-0.1, -0.05) is 32.3 Å². The summed E-state index contributed by atoms with van der Waals surface area (Å²) in [5.41, 5.74) is 2.73. The number of fused-ring (bicyclic) bond motifs is 1. The van der Waals surface area contributed by atoms with Gasteiger partial charge in [-0.05, 0) is 35.6 Å². The molecule has 0 unspecified atom stereocenters. The Hall–Kier alpha value is -1.32. The summed E-state index contributed by atoms with van der Waals surface area (Å²) >= 11 is 0. The maximum absolute atomic E-state index is 3.47. The minimum Gasteiger partial charge on any atom is -0.361 e. The van der Waals surface area contributed by atoms with Gasteiger partial charge in [0.15, 0.2) is 0 Å². The zero-order chi connectivity index (χ0) is 14.5. The van der Waals surface area contributed by atoms with Gasteiger partial charge in [-0.3, -0.25) is 4.90 Å². The summed E-state index contributed by atoms with van der Waals surface area (Å²) in [6.45, 7) is 6.86. The highest BCUT2D eigenvalue weighted by atomic mass is 15.2. The molecule has 0 spiro atoms. The minimum atomic E-state index is 0.581. The molecule has 3 nitrogen and oxygen atoms in total. The Labute approximate surface area is 127 Å². The number of aromatic nitrogens is 1. The monoisotopic (exact) mass is 285 g/mol. The first kappa shape index (κ1) is 14.6. The fourth-order valence-electron chi connectivity index (χ4n) is 3.42. The SMILES string of the molecule is CCCCC[C@@H](c1ccc2[nH]ccc2c1)N1CCNCC1. The van der Waals surface area contributed by atoms with Crippen LogP contribution in [0.4, 0.5) is 0 Å². The van der Waals surface area contributed by atoms with Crippen molar-refractivity contribution in [2.24, 2.45) is 0 Å². The van der Waals surface area contributed by atoms with Gasteiger partial charge in [-0.15, -0.1) is 0 Å². The molecule has 0 radical (unpaired) electrons. The topological polar surface area (TPSA) is 31.1 Å². The van der Waals surface area contributed by atoms with Crippen LogP contribution in [0.1, 0.15) is 44.2 Å². The lowest BCUT2D eigenvalue weighted by Gasteiger charge is -2.35. The Balaban J connectivity index is 1.81. The second-order valence-electron chi connectivity index (χ2n) is 6.12. The van der Waals surface area contributed by atoms with Gasteiger partial charge < -0.3 is 10.3 Å². The van der Waals surface area contributed by atoms with E-state index in [1.165, 1.54) is 55.2 Å². The number of H-pyrrole nitrogens is 1. The van der Waals surface area contributed by atoms with E-state index in [4.69, 9.17) is 0 Å². The van der Waals surface area contributed by atoms with Gasteiger partial charge in [-0.25, -0.2) is 0 Å². The van der Waals surface area contributed by atoms with E-state index in [1.54, 1.807) is 0 Å². The smallest absolute Gasteiger partial charge is 0.0454 e. The van der Waals surface area contributed by atoms with Crippen molar-refractivity contribution in [3.63, 3.8) is 0 Å². The molecule has 1 aliphatic rings. The Morgan fingerprint density at radius 1 is 1.14 bits per heavy atom. The molecule has 2 N–H and O–H groups in total. The van der Waals surface area contributed by atoms with Crippen molar-refractivity contribution in [3.8, 4) is 0 Å². The van der Waals surface area contributed by atoms with Crippen molar-refractivity contribution in [2.75, 3.05) is 26.2 Å². The maximum Gasteiger partial charge on any atom is 0.0454 e. The molecule has 21 heavy (non-hydrogen) atoms.